The van der Waals surface area contributed by atoms with Crippen LogP contribution in [0, 0.1) is 0 Å². The van der Waals surface area contributed by atoms with Gasteiger partial charge in [0.15, 0.2) is 6.61 Å². The van der Waals surface area contributed by atoms with Crippen LogP contribution in [0.2, 0.25) is 0 Å². The lowest BCUT2D eigenvalue weighted by Crippen LogP contribution is -2.30. The second-order valence-electron chi connectivity index (χ2n) is 8.19. The second kappa shape index (κ2) is 10.8. The van der Waals surface area contributed by atoms with Crippen molar-refractivity contribution < 1.29 is 19.1 Å². The van der Waals surface area contributed by atoms with Gasteiger partial charge in [-0.1, -0.05) is 50.2 Å². The van der Waals surface area contributed by atoms with E-state index in [1.165, 1.54) is 5.56 Å². The number of benzene rings is 2. The Morgan fingerprint density at radius 1 is 1.10 bits per heavy atom. The van der Waals surface area contributed by atoms with Gasteiger partial charge in [-0.2, -0.15) is 0 Å². The van der Waals surface area contributed by atoms with Crippen molar-refractivity contribution in [3.05, 3.63) is 70.8 Å². The number of nitrogens with zero attached hydrogens (tertiary/aromatic N) is 1. The molecule has 1 saturated heterocycles. The molecule has 0 bridgehead atoms. The second-order valence-corrected chi connectivity index (χ2v) is 8.19. The lowest BCUT2D eigenvalue weighted by atomic mass is 10.0. The summed E-state index contributed by atoms with van der Waals surface area (Å²) in [7, 11) is 0. The van der Waals surface area contributed by atoms with E-state index in [9.17, 15) is 14.4 Å². The third-order valence-electron chi connectivity index (χ3n) is 5.42. The molecular weight excluding hydrogens is 392 g/mol. The Hall–Kier alpha value is -3.15. The third-order valence-corrected chi connectivity index (χ3v) is 5.42. The first-order chi connectivity index (χ1) is 14.9. The van der Waals surface area contributed by atoms with Crippen LogP contribution in [0.5, 0.6) is 0 Å². The van der Waals surface area contributed by atoms with Crippen molar-refractivity contribution in [3.63, 3.8) is 0 Å². The van der Waals surface area contributed by atoms with Crippen molar-refractivity contribution in [3.8, 4) is 0 Å². The van der Waals surface area contributed by atoms with Crippen LogP contribution < -0.4 is 5.32 Å². The Bertz CT molecular complexity index is 921. The summed E-state index contributed by atoms with van der Waals surface area (Å²) in [4.78, 5) is 37.9. The summed E-state index contributed by atoms with van der Waals surface area (Å²) < 4.78 is 5.15. The average Bonchev–Trinajstić information content (AvgIpc) is 3.17. The molecule has 0 unspecified atom stereocenters. The first-order valence-electron chi connectivity index (χ1n) is 10.8. The minimum Gasteiger partial charge on any atom is -0.452 e. The Balaban J connectivity index is 1.41. The first kappa shape index (κ1) is 22.5. The van der Waals surface area contributed by atoms with Crippen LogP contribution in [0.15, 0.2) is 48.5 Å². The van der Waals surface area contributed by atoms with Gasteiger partial charge in [0.1, 0.15) is 0 Å². The molecule has 1 N–H and O–H groups in total. The Morgan fingerprint density at radius 3 is 2.55 bits per heavy atom. The lowest BCUT2D eigenvalue weighted by molar-refractivity contribution is -0.128. The van der Waals surface area contributed by atoms with E-state index < -0.39 is 5.97 Å². The zero-order chi connectivity index (χ0) is 22.2. The molecule has 0 radical (unpaired) electrons. The van der Waals surface area contributed by atoms with Gasteiger partial charge in [-0.3, -0.25) is 9.59 Å². The third kappa shape index (κ3) is 6.67. The van der Waals surface area contributed by atoms with E-state index in [1.807, 2.05) is 6.07 Å². The fraction of sp³-hybridized carbons (Fsp3) is 0.400. The molecule has 2 aromatic rings. The van der Waals surface area contributed by atoms with E-state index in [4.69, 9.17) is 4.74 Å². The average molecular weight is 423 g/mol. The van der Waals surface area contributed by atoms with Gasteiger partial charge >= 0.3 is 5.97 Å². The number of hydrogen-bond donors (Lipinski definition) is 1. The number of amides is 2. The molecule has 6 nitrogen and oxygen atoms in total. The molecule has 0 atom stereocenters. The number of carbonyl (C=O) groups excluding carboxylic acids is 3. The van der Waals surface area contributed by atoms with Gasteiger partial charge in [-0.15, -0.1) is 0 Å². The van der Waals surface area contributed by atoms with E-state index in [-0.39, 0.29) is 18.4 Å². The number of nitrogens with one attached hydrogen (secondary N) is 1. The lowest BCUT2D eigenvalue weighted by Gasteiger charge is -2.15. The molecule has 0 spiro atoms. The SMILES string of the molecule is CC(C)c1ccc(CCNC(=O)COC(=O)c2cccc(CN3CCCC3=O)c2)cc1. The highest BCUT2D eigenvalue weighted by Crippen LogP contribution is 2.16. The van der Waals surface area contributed by atoms with Gasteiger partial charge in [-0.05, 0) is 47.6 Å². The van der Waals surface area contributed by atoms with E-state index in [0.717, 1.165) is 30.5 Å². The summed E-state index contributed by atoms with van der Waals surface area (Å²) in [6, 6.07) is 15.4. The van der Waals surface area contributed by atoms with E-state index >= 15 is 0 Å². The molecule has 0 aromatic heterocycles. The molecule has 1 fully saturated rings. The maximum absolute atomic E-state index is 12.3. The van der Waals surface area contributed by atoms with Crippen molar-refractivity contribution >= 4 is 17.8 Å². The first-order valence-corrected chi connectivity index (χ1v) is 10.8. The van der Waals surface area contributed by atoms with E-state index in [2.05, 4.69) is 43.4 Å². The number of esters is 1. The van der Waals surface area contributed by atoms with Gasteiger partial charge in [0.05, 0.1) is 5.56 Å². The van der Waals surface area contributed by atoms with Gasteiger partial charge in [0.25, 0.3) is 5.91 Å². The molecule has 164 valence electrons. The minimum atomic E-state index is -0.547. The molecule has 31 heavy (non-hydrogen) atoms. The van der Waals surface area contributed by atoms with Crippen LogP contribution in [0.3, 0.4) is 0 Å². The normalized spacial score (nSPS) is 13.5. The van der Waals surface area contributed by atoms with Crippen LogP contribution in [-0.2, 0) is 27.3 Å². The Kier molecular flexibility index (Phi) is 7.82. The monoisotopic (exact) mass is 422 g/mol. The predicted molar refractivity (Wildman–Crippen MR) is 119 cm³/mol. The highest BCUT2D eigenvalue weighted by Gasteiger charge is 2.20. The highest BCUT2D eigenvalue weighted by atomic mass is 16.5. The molecule has 0 aliphatic carbocycles. The predicted octanol–water partition coefficient (Wildman–Crippen LogP) is 3.45. The van der Waals surface area contributed by atoms with Crippen LogP contribution >= 0.6 is 0 Å². The molecule has 2 amide bonds. The molecular formula is C25H30N2O4. The van der Waals surface area contributed by atoms with Crippen molar-refractivity contribution in [1.82, 2.24) is 10.2 Å². The highest BCUT2D eigenvalue weighted by molar-refractivity contribution is 5.91. The van der Waals surface area contributed by atoms with Crippen molar-refractivity contribution in [2.24, 2.45) is 0 Å². The van der Waals surface area contributed by atoms with Crippen molar-refractivity contribution in [2.45, 2.75) is 45.6 Å². The largest absolute Gasteiger partial charge is 0.452 e. The standard InChI is InChI=1S/C25H30N2O4/c1-18(2)21-10-8-19(9-11-21)12-13-26-23(28)17-31-25(30)22-6-3-5-20(15-22)16-27-14-4-7-24(27)29/h3,5-6,8-11,15,18H,4,7,12-14,16-17H2,1-2H3,(H,26,28). The van der Waals surface area contributed by atoms with Crippen molar-refractivity contribution in [2.75, 3.05) is 19.7 Å². The molecule has 0 saturated carbocycles. The van der Waals surface area contributed by atoms with Gasteiger partial charge in [-0.25, -0.2) is 4.79 Å². The number of ether oxygens (including phenoxy) is 1. The molecule has 2 aromatic carbocycles. The fourth-order valence-corrected chi connectivity index (χ4v) is 3.57. The molecule has 1 heterocycles. The van der Waals surface area contributed by atoms with E-state index in [0.29, 0.717) is 31.0 Å². The van der Waals surface area contributed by atoms with Gasteiger partial charge in [0, 0.05) is 26.1 Å². The smallest absolute Gasteiger partial charge is 0.338 e. The number of hydrogen-bond acceptors (Lipinski definition) is 4. The fourth-order valence-electron chi connectivity index (χ4n) is 3.57. The maximum atomic E-state index is 12.3. The summed E-state index contributed by atoms with van der Waals surface area (Å²) in [5.74, 6) is -0.243. The minimum absolute atomic E-state index is 0.139. The van der Waals surface area contributed by atoms with Crippen LogP contribution in [-0.4, -0.2) is 42.4 Å². The summed E-state index contributed by atoms with van der Waals surface area (Å²) in [6.45, 7) is 5.70. The topological polar surface area (TPSA) is 75.7 Å². The van der Waals surface area contributed by atoms with Crippen LogP contribution in [0.1, 0.15) is 59.7 Å². The number of likely N-dealkylation sites (tertiary alicyclic amines) is 1. The van der Waals surface area contributed by atoms with Crippen LogP contribution in [0.25, 0.3) is 0 Å². The molecule has 1 aliphatic rings. The summed E-state index contributed by atoms with van der Waals surface area (Å²) in [5, 5.41) is 2.78. The number of carbonyl (C=O) groups is 3. The Labute approximate surface area is 183 Å². The van der Waals surface area contributed by atoms with Crippen molar-refractivity contribution in [1.29, 1.82) is 0 Å². The quantitative estimate of drug-likeness (QED) is 0.628. The molecule has 3 rings (SSSR count). The molecule has 1 aliphatic heterocycles. The summed E-state index contributed by atoms with van der Waals surface area (Å²) in [6.07, 6.45) is 2.17. The van der Waals surface area contributed by atoms with Crippen LogP contribution in [0.4, 0.5) is 0 Å². The summed E-state index contributed by atoms with van der Waals surface area (Å²) >= 11 is 0. The summed E-state index contributed by atoms with van der Waals surface area (Å²) in [5.41, 5.74) is 3.69. The maximum Gasteiger partial charge on any atom is 0.338 e. The van der Waals surface area contributed by atoms with Gasteiger partial charge in [0.2, 0.25) is 5.91 Å². The number of rotatable bonds is 9. The molecule has 6 heteroatoms. The van der Waals surface area contributed by atoms with Gasteiger partial charge < -0.3 is 15.0 Å². The van der Waals surface area contributed by atoms with E-state index in [1.54, 1.807) is 23.1 Å². The zero-order valence-electron chi connectivity index (χ0n) is 18.2. The zero-order valence-corrected chi connectivity index (χ0v) is 18.2. The Morgan fingerprint density at radius 2 is 1.87 bits per heavy atom.